The molecule has 0 unspecified atom stereocenters. The molecule has 22 heavy (non-hydrogen) atoms. The number of hydrogen-bond donors (Lipinski definition) is 3. The summed E-state index contributed by atoms with van der Waals surface area (Å²) >= 11 is 0. The maximum atomic E-state index is 12.2. The molecule has 3 N–H and O–H groups in total. The van der Waals surface area contributed by atoms with Crippen LogP contribution in [-0.2, 0) is 0 Å². The molecule has 2 fully saturated rings. The van der Waals surface area contributed by atoms with Crippen molar-refractivity contribution in [3.63, 3.8) is 0 Å². The average molecular weight is 327 g/mol. The number of piperidine rings is 1. The molecular weight excluding hydrogens is 304 g/mol. The summed E-state index contributed by atoms with van der Waals surface area (Å²) in [4.78, 5) is 29.2. The molecule has 0 spiro atoms. The van der Waals surface area contributed by atoms with Gasteiger partial charge in [0, 0.05) is 31.9 Å². The van der Waals surface area contributed by atoms with Crippen LogP contribution in [-0.4, -0.2) is 53.9 Å². The van der Waals surface area contributed by atoms with E-state index in [4.69, 9.17) is 0 Å². The third kappa shape index (κ3) is 3.81. The topological polar surface area (TPSA) is 77.2 Å². The van der Waals surface area contributed by atoms with E-state index in [9.17, 15) is 9.59 Å². The second kappa shape index (κ2) is 7.65. The number of aromatic amines is 1. The monoisotopic (exact) mass is 326 g/mol. The molecule has 0 radical (unpaired) electrons. The molecule has 0 bridgehead atoms. The summed E-state index contributed by atoms with van der Waals surface area (Å²) in [5, 5.41) is 6.28. The molecule has 0 aliphatic carbocycles. The number of hydrogen-bond acceptors (Lipinski definition) is 3. The zero-order valence-electron chi connectivity index (χ0n) is 12.6. The average Bonchev–Trinajstić information content (AvgIpc) is 3.19. The van der Waals surface area contributed by atoms with Gasteiger partial charge in [-0.1, -0.05) is 0 Å². The fourth-order valence-electron chi connectivity index (χ4n) is 2.98. The fraction of sp³-hybridized carbons (Fsp3) is 0.600. The smallest absolute Gasteiger partial charge is 0.270 e. The van der Waals surface area contributed by atoms with Crippen LogP contribution in [0.25, 0.3) is 0 Å². The second-order valence-corrected chi connectivity index (χ2v) is 5.82. The molecule has 122 valence electrons. The first-order valence-corrected chi connectivity index (χ1v) is 7.73. The summed E-state index contributed by atoms with van der Waals surface area (Å²) in [6, 6.07) is 1.84. The highest BCUT2D eigenvalue weighted by Crippen LogP contribution is 2.13. The van der Waals surface area contributed by atoms with E-state index < -0.39 is 0 Å². The lowest BCUT2D eigenvalue weighted by Gasteiger charge is -2.23. The van der Waals surface area contributed by atoms with Crippen molar-refractivity contribution in [2.24, 2.45) is 0 Å². The van der Waals surface area contributed by atoms with E-state index in [0.717, 1.165) is 51.9 Å². The number of carbonyl (C=O) groups excluding carboxylic acids is 2. The zero-order valence-corrected chi connectivity index (χ0v) is 13.4. The van der Waals surface area contributed by atoms with E-state index in [-0.39, 0.29) is 30.3 Å². The van der Waals surface area contributed by atoms with Gasteiger partial charge in [-0.3, -0.25) is 9.59 Å². The lowest BCUT2D eigenvalue weighted by Crippen LogP contribution is -2.45. The van der Waals surface area contributed by atoms with Crippen LogP contribution in [0.4, 0.5) is 0 Å². The number of nitrogens with zero attached hydrogens (tertiary/aromatic N) is 1. The SMILES string of the molecule is Cl.O=C(N[C@H]1CCCNC1)c1c[nH]c(C(=O)N2CCCC2)c1. The first-order chi connectivity index (χ1) is 10.2. The minimum absolute atomic E-state index is 0. The number of rotatable bonds is 3. The maximum Gasteiger partial charge on any atom is 0.270 e. The standard InChI is InChI=1S/C15H22N4O2.ClH/c20-14(18-12-4-3-5-16-10-12)11-8-13(17-9-11)15(21)19-6-1-2-7-19;/h8-9,12,16-17H,1-7,10H2,(H,18,20);1H/t12-;/m0./s1. The van der Waals surface area contributed by atoms with E-state index in [2.05, 4.69) is 15.6 Å². The molecule has 1 aromatic rings. The van der Waals surface area contributed by atoms with Gasteiger partial charge in [-0.05, 0) is 38.3 Å². The van der Waals surface area contributed by atoms with Crippen LogP contribution in [0.15, 0.2) is 12.3 Å². The van der Waals surface area contributed by atoms with Gasteiger partial charge in [0.05, 0.1) is 5.56 Å². The van der Waals surface area contributed by atoms with Crippen molar-refractivity contribution in [2.75, 3.05) is 26.2 Å². The molecule has 6 nitrogen and oxygen atoms in total. The lowest BCUT2D eigenvalue weighted by atomic mass is 10.1. The van der Waals surface area contributed by atoms with E-state index in [1.54, 1.807) is 12.3 Å². The van der Waals surface area contributed by atoms with Crippen molar-refractivity contribution in [3.05, 3.63) is 23.5 Å². The van der Waals surface area contributed by atoms with Crippen LogP contribution in [0.1, 0.15) is 46.5 Å². The van der Waals surface area contributed by atoms with Gasteiger partial charge < -0.3 is 20.5 Å². The Morgan fingerprint density at radius 1 is 1.23 bits per heavy atom. The molecule has 0 saturated carbocycles. The van der Waals surface area contributed by atoms with Gasteiger partial charge in [-0.25, -0.2) is 0 Å². The first kappa shape index (κ1) is 16.8. The minimum Gasteiger partial charge on any atom is -0.356 e. The van der Waals surface area contributed by atoms with Crippen molar-refractivity contribution in [2.45, 2.75) is 31.7 Å². The Labute approximate surface area is 136 Å². The Bertz CT molecular complexity index is 519. The van der Waals surface area contributed by atoms with Gasteiger partial charge in [0.15, 0.2) is 0 Å². The van der Waals surface area contributed by atoms with Crippen molar-refractivity contribution in [1.29, 1.82) is 0 Å². The highest BCUT2D eigenvalue weighted by molar-refractivity contribution is 5.99. The van der Waals surface area contributed by atoms with E-state index >= 15 is 0 Å². The number of halogens is 1. The Morgan fingerprint density at radius 3 is 2.68 bits per heavy atom. The lowest BCUT2D eigenvalue weighted by molar-refractivity contribution is 0.0787. The number of amides is 2. The van der Waals surface area contributed by atoms with Gasteiger partial charge in [0.2, 0.25) is 0 Å². The van der Waals surface area contributed by atoms with Crippen molar-refractivity contribution < 1.29 is 9.59 Å². The Balaban J connectivity index is 0.00000176. The molecule has 2 saturated heterocycles. The van der Waals surface area contributed by atoms with Crippen LogP contribution in [0.5, 0.6) is 0 Å². The quantitative estimate of drug-likeness (QED) is 0.780. The van der Waals surface area contributed by atoms with E-state index in [0.29, 0.717) is 11.3 Å². The highest BCUT2D eigenvalue weighted by Gasteiger charge is 2.22. The summed E-state index contributed by atoms with van der Waals surface area (Å²) in [5.41, 5.74) is 1.03. The number of aromatic nitrogens is 1. The molecule has 2 aliphatic heterocycles. The van der Waals surface area contributed by atoms with E-state index in [1.165, 1.54) is 0 Å². The maximum absolute atomic E-state index is 12.2. The Hall–Kier alpha value is -1.53. The van der Waals surface area contributed by atoms with Crippen molar-refractivity contribution in [1.82, 2.24) is 20.5 Å². The van der Waals surface area contributed by atoms with Crippen molar-refractivity contribution in [3.8, 4) is 0 Å². The summed E-state index contributed by atoms with van der Waals surface area (Å²) < 4.78 is 0. The molecular formula is C15H23ClN4O2. The number of likely N-dealkylation sites (tertiary alicyclic amines) is 1. The molecule has 1 atom stereocenters. The van der Waals surface area contributed by atoms with Crippen LogP contribution in [0, 0.1) is 0 Å². The molecule has 3 rings (SSSR count). The molecule has 2 aliphatic rings. The largest absolute Gasteiger partial charge is 0.356 e. The Kier molecular flexibility index (Phi) is 5.85. The van der Waals surface area contributed by atoms with Crippen LogP contribution in [0.2, 0.25) is 0 Å². The summed E-state index contributed by atoms with van der Waals surface area (Å²) in [7, 11) is 0. The number of H-pyrrole nitrogens is 1. The van der Waals surface area contributed by atoms with E-state index in [1.807, 2.05) is 4.90 Å². The normalized spacial score (nSPS) is 21.3. The number of nitrogens with one attached hydrogen (secondary N) is 3. The van der Waals surface area contributed by atoms with Gasteiger partial charge >= 0.3 is 0 Å². The van der Waals surface area contributed by atoms with Crippen LogP contribution >= 0.6 is 12.4 Å². The minimum atomic E-state index is -0.111. The van der Waals surface area contributed by atoms with Gasteiger partial charge in [0.25, 0.3) is 11.8 Å². The fourth-order valence-corrected chi connectivity index (χ4v) is 2.98. The Morgan fingerprint density at radius 2 is 2.00 bits per heavy atom. The molecule has 7 heteroatoms. The summed E-state index contributed by atoms with van der Waals surface area (Å²) in [6.45, 7) is 3.46. The first-order valence-electron chi connectivity index (χ1n) is 7.73. The van der Waals surface area contributed by atoms with Crippen LogP contribution in [0.3, 0.4) is 0 Å². The third-order valence-corrected chi connectivity index (χ3v) is 4.20. The molecule has 0 aromatic carbocycles. The van der Waals surface area contributed by atoms with Gasteiger partial charge in [-0.2, -0.15) is 0 Å². The zero-order chi connectivity index (χ0) is 14.7. The highest BCUT2D eigenvalue weighted by atomic mass is 35.5. The van der Waals surface area contributed by atoms with Gasteiger partial charge in [-0.15, -0.1) is 12.4 Å². The molecule has 2 amide bonds. The molecule has 1 aromatic heterocycles. The van der Waals surface area contributed by atoms with Gasteiger partial charge in [0.1, 0.15) is 5.69 Å². The summed E-state index contributed by atoms with van der Waals surface area (Å²) in [5.74, 6) is -0.119. The summed E-state index contributed by atoms with van der Waals surface area (Å²) in [6.07, 6.45) is 5.83. The van der Waals surface area contributed by atoms with Crippen LogP contribution < -0.4 is 10.6 Å². The number of carbonyl (C=O) groups is 2. The predicted octanol–water partition coefficient (Wildman–Crippen LogP) is 1.15. The van der Waals surface area contributed by atoms with Crippen molar-refractivity contribution >= 4 is 24.2 Å². The third-order valence-electron chi connectivity index (χ3n) is 4.20. The molecule has 3 heterocycles. The second-order valence-electron chi connectivity index (χ2n) is 5.82. The predicted molar refractivity (Wildman–Crippen MR) is 86.5 cm³/mol.